The van der Waals surface area contributed by atoms with E-state index in [0.29, 0.717) is 10.2 Å². The standard InChI is InChI=1S/C25H19ClN4OS/c1-17-21(26)11-6-12-22(17)29-13-14-30-23(24(29)31)27-28-25(30)32-16-18-7-5-10-20(15-18)19-8-3-2-4-9-19/h2-15H,16H2,1H3. The Hall–Kier alpha value is -3.35. The normalized spacial score (nSPS) is 11.2. The molecule has 7 heteroatoms. The summed E-state index contributed by atoms with van der Waals surface area (Å²) in [5.74, 6) is 0.720. The number of hydrogen-bond donors (Lipinski definition) is 0. The smallest absolute Gasteiger partial charge is 0.279 e. The van der Waals surface area contributed by atoms with Crippen LogP contribution in [-0.2, 0) is 5.75 Å². The highest BCUT2D eigenvalue weighted by Gasteiger charge is 2.14. The Balaban J connectivity index is 1.43. The monoisotopic (exact) mass is 458 g/mol. The van der Waals surface area contributed by atoms with E-state index < -0.39 is 0 Å². The molecule has 0 radical (unpaired) electrons. The summed E-state index contributed by atoms with van der Waals surface area (Å²) in [6.45, 7) is 1.89. The van der Waals surface area contributed by atoms with Crippen molar-refractivity contribution in [3.8, 4) is 16.8 Å². The van der Waals surface area contributed by atoms with Crippen molar-refractivity contribution in [2.45, 2.75) is 17.8 Å². The molecule has 0 unspecified atom stereocenters. The summed E-state index contributed by atoms with van der Waals surface area (Å²) in [5.41, 5.74) is 5.17. The van der Waals surface area contributed by atoms with Crippen LogP contribution in [0.2, 0.25) is 5.02 Å². The van der Waals surface area contributed by atoms with Gasteiger partial charge in [-0.1, -0.05) is 84.0 Å². The Morgan fingerprint density at radius 1 is 0.906 bits per heavy atom. The minimum absolute atomic E-state index is 0.233. The third-order valence-electron chi connectivity index (χ3n) is 5.34. The van der Waals surface area contributed by atoms with Gasteiger partial charge in [0.15, 0.2) is 5.16 Å². The van der Waals surface area contributed by atoms with Crippen molar-refractivity contribution < 1.29 is 0 Å². The molecule has 0 aliphatic rings. The van der Waals surface area contributed by atoms with E-state index in [9.17, 15) is 4.79 Å². The summed E-state index contributed by atoms with van der Waals surface area (Å²) in [4.78, 5) is 13.1. The van der Waals surface area contributed by atoms with Gasteiger partial charge in [0, 0.05) is 23.2 Å². The molecular formula is C25H19ClN4OS. The number of benzene rings is 3. The van der Waals surface area contributed by atoms with Crippen LogP contribution in [0.4, 0.5) is 0 Å². The molecule has 0 N–H and O–H groups in total. The van der Waals surface area contributed by atoms with Crippen molar-refractivity contribution in [1.29, 1.82) is 0 Å². The molecular weight excluding hydrogens is 440 g/mol. The fraction of sp³-hybridized carbons (Fsp3) is 0.0800. The molecule has 0 bridgehead atoms. The van der Waals surface area contributed by atoms with E-state index in [1.165, 1.54) is 16.7 Å². The van der Waals surface area contributed by atoms with E-state index >= 15 is 0 Å². The topological polar surface area (TPSA) is 52.2 Å². The second-order valence-electron chi connectivity index (χ2n) is 7.39. The van der Waals surface area contributed by atoms with Gasteiger partial charge in [0.1, 0.15) is 0 Å². The number of fused-ring (bicyclic) bond motifs is 1. The van der Waals surface area contributed by atoms with Crippen LogP contribution in [0.1, 0.15) is 11.1 Å². The third-order valence-corrected chi connectivity index (χ3v) is 6.76. The Labute approximate surface area is 194 Å². The van der Waals surface area contributed by atoms with Gasteiger partial charge in [0.25, 0.3) is 0 Å². The Morgan fingerprint density at radius 2 is 1.69 bits per heavy atom. The molecule has 5 rings (SSSR count). The van der Waals surface area contributed by atoms with E-state index in [1.54, 1.807) is 26.9 Å². The molecule has 0 amide bonds. The highest BCUT2D eigenvalue weighted by Crippen LogP contribution is 2.26. The van der Waals surface area contributed by atoms with Crippen LogP contribution in [0.15, 0.2) is 95.1 Å². The lowest BCUT2D eigenvalue weighted by Gasteiger charge is -2.10. The van der Waals surface area contributed by atoms with E-state index in [-0.39, 0.29) is 11.2 Å². The van der Waals surface area contributed by atoms with Crippen LogP contribution >= 0.6 is 23.4 Å². The first kappa shape index (κ1) is 20.5. The maximum absolute atomic E-state index is 13.1. The predicted molar refractivity (Wildman–Crippen MR) is 130 cm³/mol. The first-order valence-electron chi connectivity index (χ1n) is 10.1. The number of nitrogens with zero attached hydrogens (tertiary/aromatic N) is 4. The SMILES string of the molecule is Cc1c(Cl)cccc1-n1ccn2c(SCc3cccc(-c4ccccc4)c3)nnc2c1=O. The first-order chi connectivity index (χ1) is 15.6. The van der Waals surface area contributed by atoms with Crippen LogP contribution in [0.3, 0.4) is 0 Å². The van der Waals surface area contributed by atoms with Crippen molar-refractivity contribution in [3.63, 3.8) is 0 Å². The van der Waals surface area contributed by atoms with Crippen molar-refractivity contribution in [1.82, 2.24) is 19.2 Å². The molecule has 2 aromatic heterocycles. The number of aromatic nitrogens is 4. The van der Waals surface area contributed by atoms with Gasteiger partial charge in [0.2, 0.25) is 5.65 Å². The van der Waals surface area contributed by atoms with Gasteiger partial charge in [-0.25, -0.2) is 0 Å². The molecule has 32 heavy (non-hydrogen) atoms. The van der Waals surface area contributed by atoms with Crippen LogP contribution in [0, 0.1) is 6.92 Å². The lowest BCUT2D eigenvalue weighted by molar-refractivity contribution is 0.890. The van der Waals surface area contributed by atoms with Crippen LogP contribution in [-0.4, -0.2) is 19.2 Å². The molecule has 3 aromatic carbocycles. The number of halogens is 1. The van der Waals surface area contributed by atoms with Gasteiger partial charge in [-0.3, -0.25) is 13.8 Å². The average molecular weight is 459 g/mol. The minimum Gasteiger partial charge on any atom is -0.279 e. The highest BCUT2D eigenvalue weighted by atomic mass is 35.5. The largest absolute Gasteiger partial charge is 0.300 e. The van der Waals surface area contributed by atoms with Gasteiger partial charge >= 0.3 is 5.56 Å². The molecule has 0 saturated carbocycles. The fourth-order valence-corrected chi connectivity index (χ4v) is 4.66. The molecule has 158 valence electrons. The minimum atomic E-state index is -0.233. The fourth-order valence-electron chi connectivity index (χ4n) is 3.63. The predicted octanol–water partition coefficient (Wildman–Crippen LogP) is 5.80. The van der Waals surface area contributed by atoms with Crippen molar-refractivity contribution >= 4 is 29.0 Å². The second kappa shape index (κ2) is 8.65. The summed E-state index contributed by atoms with van der Waals surface area (Å²) < 4.78 is 3.30. The zero-order chi connectivity index (χ0) is 22.1. The molecule has 0 atom stereocenters. The molecule has 0 spiro atoms. The first-order valence-corrected chi connectivity index (χ1v) is 11.5. The molecule has 2 heterocycles. The summed E-state index contributed by atoms with van der Waals surface area (Å²) in [5, 5.41) is 9.72. The number of hydrogen-bond acceptors (Lipinski definition) is 4. The average Bonchev–Trinajstić information content (AvgIpc) is 3.25. The molecule has 0 aliphatic carbocycles. The zero-order valence-corrected chi connectivity index (χ0v) is 18.8. The van der Waals surface area contributed by atoms with Crippen molar-refractivity contribution in [2.24, 2.45) is 0 Å². The third kappa shape index (κ3) is 3.83. The molecule has 0 fully saturated rings. The van der Waals surface area contributed by atoms with Gasteiger partial charge in [-0.05, 0) is 41.3 Å². The zero-order valence-electron chi connectivity index (χ0n) is 17.3. The summed E-state index contributed by atoms with van der Waals surface area (Å²) in [7, 11) is 0. The Kier molecular flexibility index (Phi) is 5.55. The summed E-state index contributed by atoms with van der Waals surface area (Å²) in [6.07, 6.45) is 3.55. The van der Waals surface area contributed by atoms with E-state index in [2.05, 4.69) is 46.6 Å². The maximum Gasteiger partial charge on any atom is 0.300 e. The van der Waals surface area contributed by atoms with Crippen molar-refractivity contribution in [2.75, 3.05) is 0 Å². The summed E-state index contributed by atoms with van der Waals surface area (Å²) in [6, 6.07) is 24.2. The van der Waals surface area contributed by atoms with Crippen molar-refractivity contribution in [3.05, 3.63) is 112 Å². The van der Waals surface area contributed by atoms with Crippen LogP contribution in [0.5, 0.6) is 0 Å². The lowest BCUT2D eigenvalue weighted by Crippen LogP contribution is -2.21. The molecule has 5 aromatic rings. The summed E-state index contributed by atoms with van der Waals surface area (Å²) >= 11 is 7.79. The lowest BCUT2D eigenvalue weighted by atomic mass is 10.0. The van der Waals surface area contributed by atoms with E-state index in [0.717, 1.165) is 17.0 Å². The Morgan fingerprint density at radius 3 is 2.53 bits per heavy atom. The second-order valence-corrected chi connectivity index (χ2v) is 8.74. The van der Waals surface area contributed by atoms with Gasteiger partial charge in [0.05, 0.1) is 5.69 Å². The van der Waals surface area contributed by atoms with Gasteiger partial charge < -0.3 is 0 Å². The highest BCUT2D eigenvalue weighted by molar-refractivity contribution is 7.98. The van der Waals surface area contributed by atoms with E-state index in [4.69, 9.17) is 11.6 Å². The van der Waals surface area contributed by atoms with Crippen LogP contribution < -0.4 is 5.56 Å². The molecule has 0 aliphatic heterocycles. The van der Waals surface area contributed by atoms with Gasteiger partial charge in [-0.15, -0.1) is 10.2 Å². The Bertz CT molecular complexity index is 1480. The molecule has 0 saturated heterocycles. The number of thioether (sulfide) groups is 1. The number of rotatable bonds is 5. The van der Waals surface area contributed by atoms with E-state index in [1.807, 2.05) is 49.5 Å². The quantitative estimate of drug-likeness (QED) is 0.312. The van der Waals surface area contributed by atoms with Gasteiger partial charge in [-0.2, -0.15) is 0 Å². The molecule has 5 nitrogen and oxygen atoms in total. The van der Waals surface area contributed by atoms with Crippen LogP contribution in [0.25, 0.3) is 22.5 Å². The maximum atomic E-state index is 13.1.